The molecule has 0 spiro atoms. The van der Waals surface area contributed by atoms with Gasteiger partial charge in [0.25, 0.3) is 0 Å². The van der Waals surface area contributed by atoms with Gasteiger partial charge in [-0.05, 0) is 6.42 Å². The van der Waals surface area contributed by atoms with Gasteiger partial charge < -0.3 is 31.1 Å². The molecule has 1 atom stereocenters. The lowest BCUT2D eigenvalue weighted by Gasteiger charge is -2.15. The predicted molar refractivity (Wildman–Crippen MR) is 71.9 cm³/mol. The number of carboxylic acid groups (broad SMARTS) is 2. The largest absolute Gasteiger partial charge is 0.481 e. The van der Waals surface area contributed by atoms with Crippen molar-refractivity contribution in [1.29, 1.82) is 0 Å². The third-order valence-electron chi connectivity index (χ3n) is 2.34. The Kier molecular flexibility index (Phi) is 8.27. The number of carbonyl (C=O) groups excluding carboxylic acids is 2. The quantitative estimate of drug-likeness (QED) is 0.358. The van der Waals surface area contributed by atoms with E-state index in [1.165, 1.54) is 4.90 Å². The van der Waals surface area contributed by atoms with Crippen LogP contribution in [0.1, 0.15) is 12.8 Å². The Morgan fingerprint density at radius 3 is 2.10 bits per heavy atom. The van der Waals surface area contributed by atoms with E-state index >= 15 is 0 Å². The molecule has 120 valence electrons. The van der Waals surface area contributed by atoms with Crippen molar-refractivity contribution in [3.05, 3.63) is 0 Å². The van der Waals surface area contributed by atoms with E-state index in [-0.39, 0.29) is 32.0 Å². The van der Waals surface area contributed by atoms with E-state index in [1.807, 2.05) is 0 Å². The first-order chi connectivity index (χ1) is 9.73. The zero-order valence-electron chi connectivity index (χ0n) is 11.9. The molecule has 0 aliphatic rings. The van der Waals surface area contributed by atoms with Crippen molar-refractivity contribution in [3.8, 4) is 0 Å². The van der Waals surface area contributed by atoms with Crippen molar-refractivity contribution in [2.45, 2.75) is 18.9 Å². The monoisotopic (exact) mass is 304 g/mol. The van der Waals surface area contributed by atoms with Crippen LogP contribution >= 0.6 is 0 Å². The summed E-state index contributed by atoms with van der Waals surface area (Å²) >= 11 is 0. The first-order valence-electron chi connectivity index (χ1n) is 6.18. The second-order valence-electron chi connectivity index (χ2n) is 4.35. The van der Waals surface area contributed by atoms with Gasteiger partial charge in [-0.1, -0.05) is 0 Å². The van der Waals surface area contributed by atoms with E-state index in [0.29, 0.717) is 0 Å². The van der Waals surface area contributed by atoms with Gasteiger partial charge in [-0.2, -0.15) is 0 Å². The van der Waals surface area contributed by atoms with Crippen molar-refractivity contribution in [2.24, 2.45) is 0 Å². The zero-order chi connectivity index (χ0) is 16.4. The summed E-state index contributed by atoms with van der Waals surface area (Å²) in [6.07, 6.45) is -0.578. The fraction of sp³-hybridized carbons (Fsp3) is 0.636. The Hall–Kier alpha value is -2.52. The third kappa shape index (κ3) is 9.08. The standard InChI is InChI=1S/C11H20N4O6/c1-15(2)11(21)13-6-5-12-10(20)14-7(9(18)19)3-4-8(16)17/h7H,3-6H2,1-2H3,(H,13,21)(H,16,17)(H,18,19)(H2,12,14,20)/t7-/m0/s1. The Morgan fingerprint density at radius 2 is 1.62 bits per heavy atom. The van der Waals surface area contributed by atoms with Crippen molar-refractivity contribution in [2.75, 3.05) is 27.2 Å². The van der Waals surface area contributed by atoms with E-state index < -0.39 is 24.0 Å². The van der Waals surface area contributed by atoms with Crippen LogP contribution in [0.4, 0.5) is 9.59 Å². The summed E-state index contributed by atoms with van der Waals surface area (Å²) in [7, 11) is 3.13. The second-order valence-corrected chi connectivity index (χ2v) is 4.35. The molecule has 0 rings (SSSR count). The van der Waals surface area contributed by atoms with Gasteiger partial charge in [-0.25, -0.2) is 14.4 Å². The van der Waals surface area contributed by atoms with Gasteiger partial charge in [0.1, 0.15) is 6.04 Å². The lowest BCUT2D eigenvalue weighted by Crippen LogP contribution is -2.48. The smallest absolute Gasteiger partial charge is 0.326 e. The van der Waals surface area contributed by atoms with Crippen LogP contribution in [0, 0.1) is 0 Å². The molecule has 0 radical (unpaired) electrons. The molecule has 0 aromatic carbocycles. The fourth-order valence-electron chi connectivity index (χ4n) is 1.24. The molecule has 0 aromatic heterocycles. The number of nitrogens with one attached hydrogen (secondary N) is 3. The highest BCUT2D eigenvalue weighted by atomic mass is 16.4. The first-order valence-corrected chi connectivity index (χ1v) is 6.18. The van der Waals surface area contributed by atoms with Crippen LogP contribution in [0.15, 0.2) is 0 Å². The van der Waals surface area contributed by atoms with Crippen LogP contribution in [0.5, 0.6) is 0 Å². The first kappa shape index (κ1) is 18.5. The summed E-state index contributed by atoms with van der Waals surface area (Å²) in [4.78, 5) is 45.1. The van der Waals surface area contributed by atoms with Crippen LogP contribution in [0.2, 0.25) is 0 Å². The number of rotatable bonds is 8. The highest BCUT2D eigenvalue weighted by Gasteiger charge is 2.20. The summed E-state index contributed by atoms with van der Waals surface area (Å²) in [5, 5.41) is 24.3. The van der Waals surface area contributed by atoms with Gasteiger partial charge in [-0.15, -0.1) is 0 Å². The zero-order valence-corrected chi connectivity index (χ0v) is 11.9. The molecular formula is C11H20N4O6. The molecule has 0 aromatic rings. The van der Waals surface area contributed by atoms with Crippen LogP contribution in [-0.4, -0.2) is 72.3 Å². The van der Waals surface area contributed by atoms with Crippen molar-refractivity contribution in [3.63, 3.8) is 0 Å². The molecule has 0 aliphatic carbocycles. The lowest BCUT2D eigenvalue weighted by molar-refractivity contribution is -0.140. The van der Waals surface area contributed by atoms with Gasteiger partial charge in [0.05, 0.1) is 0 Å². The lowest BCUT2D eigenvalue weighted by atomic mass is 10.1. The van der Waals surface area contributed by atoms with Crippen LogP contribution in [-0.2, 0) is 9.59 Å². The van der Waals surface area contributed by atoms with E-state index in [9.17, 15) is 19.2 Å². The Labute approximate surface area is 121 Å². The maximum atomic E-state index is 11.4. The van der Waals surface area contributed by atoms with E-state index in [1.54, 1.807) is 14.1 Å². The number of hydrogen-bond donors (Lipinski definition) is 5. The van der Waals surface area contributed by atoms with Gasteiger partial charge in [0, 0.05) is 33.6 Å². The second kappa shape index (κ2) is 9.39. The normalized spacial score (nSPS) is 11.1. The summed E-state index contributed by atoms with van der Waals surface area (Å²) in [5.74, 6) is -2.46. The number of carboxylic acids is 2. The van der Waals surface area contributed by atoms with Gasteiger partial charge in [0.2, 0.25) is 0 Å². The van der Waals surface area contributed by atoms with Crippen LogP contribution < -0.4 is 16.0 Å². The van der Waals surface area contributed by atoms with Gasteiger partial charge in [0.15, 0.2) is 0 Å². The van der Waals surface area contributed by atoms with Crippen molar-refractivity contribution >= 4 is 24.0 Å². The molecule has 21 heavy (non-hydrogen) atoms. The van der Waals surface area contributed by atoms with E-state index in [4.69, 9.17) is 10.2 Å². The highest BCUT2D eigenvalue weighted by Crippen LogP contribution is 1.97. The maximum Gasteiger partial charge on any atom is 0.326 e. The summed E-state index contributed by atoms with van der Waals surface area (Å²) < 4.78 is 0. The van der Waals surface area contributed by atoms with Crippen molar-refractivity contribution < 1.29 is 29.4 Å². The molecule has 0 unspecified atom stereocenters. The number of carbonyl (C=O) groups is 4. The molecule has 0 saturated heterocycles. The number of nitrogens with zero attached hydrogens (tertiary/aromatic N) is 1. The van der Waals surface area contributed by atoms with Gasteiger partial charge in [-0.3, -0.25) is 4.79 Å². The Bertz CT molecular complexity index is 398. The van der Waals surface area contributed by atoms with Gasteiger partial charge >= 0.3 is 24.0 Å². The molecule has 10 nitrogen and oxygen atoms in total. The fourth-order valence-corrected chi connectivity index (χ4v) is 1.24. The minimum atomic E-state index is -1.31. The maximum absolute atomic E-state index is 11.4. The minimum absolute atomic E-state index is 0.108. The molecular weight excluding hydrogens is 284 g/mol. The SMILES string of the molecule is CN(C)C(=O)NCCNC(=O)N[C@@H](CCC(=O)O)C(=O)O. The Morgan fingerprint density at radius 1 is 1.05 bits per heavy atom. The summed E-state index contributed by atoms with van der Waals surface area (Å²) in [5.41, 5.74) is 0. The number of amides is 4. The van der Waals surface area contributed by atoms with Crippen LogP contribution in [0.25, 0.3) is 0 Å². The number of hydrogen-bond acceptors (Lipinski definition) is 4. The average molecular weight is 304 g/mol. The van der Waals surface area contributed by atoms with Crippen molar-refractivity contribution in [1.82, 2.24) is 20.9 Å². The molecule has 0 bridgehead atoms. The molecule has 0 aliphatic heterocycles. The Balaban J connectivity index is 4.01. The molecule has 5 N–H and O–H groups in total. The minimum Gasteiger partial charge on any atom is -0.481 e. The number of urea groups is 2. The topological polar surface area (TPSA) is 148 Å². The number of aliphatic carboxylic acids is 2. The van der Waals surface area contributed by atoms with E-state index in [2.05, 4.69) is 16.0 Å². The molecule has 0 heterocycles. The molecule has 0 fully saturated rings. The molecule has 4 amide bonds. The summed E-state index contributed by atoms with van der Waals surface area (Å²) in [6.45, 7) is 0.286. The third-order valence-corrected chi connectivity index (χ3v) is 2.34. The predicted octanol–water partition coefficient (Wildman–Crippen LogP) is -1.13. The molecule has 10 heteroatoms. The summed E-state index contributed by atoms with van der Waals surface area (Å²) in [6, 6.07) is -2.34. The average Bonchev–Trinajstić information content (AvgIpc) is 2.38. The highest BCUT2D eigenvalue weighted by molar-refractivity contribution is 5.83. The van der Waals surface area contributed by atoms with E-state index in [0.717, 1.165) is 0 Å². The van der Waals surface area contributed by atoms with Crippen LogP contribution in [0.3, 0.4) is 0 Å². The molecule has 0 saturated carbocycles.